The zero-order valence-corrected chi connectivity index (χ0v) is 19.8. The largest absolute Gasteiger partial charge is 0.488 e. The third-order valence-electron chi connectivity index (χ3n) is 4.79. The van der Waals surface area contributed by atoms with Crippen LogP contribution in [0.15, 0.2) is 88.4 Å². The number of benzene rings is 4. The number of carbonyl (C=O) groups excluding carboxylic acids is 1. The van der Waals surface area contributed by atoms with E-state index in [-0.39, 0.29) is 0 Å². The maximum absolute atomic E-state index is 12.3. The van der Waals surface area contributed by atoms with Crippen LogP contribution in [-0.2, 0) is 6.61 Å². The van der Waals surface area contributed by atoms with Crippen LogP contribution in [0.3, 0.4) is 0 Å². The lowest BCUT2D eigenvalue weighted by Gasteiger charge is -2.11. The first-order valence-electron chi connectivity index (χ1n) is 9.69. The number of halogens is 3. The Balaban J connectivity index is 1.49. The molecule has 1 amide bonds. The summed E-state index contributed by atoms with van der Waals surface area (Å²) in [6.45, 7) is 0.402. The molecule has 0 bridgehead atoms. The van der Waals surface area contributed by atoms with Crippen LogP contribution < -0.4 is 10.2 Å². The minimum atomic E-state index is -0.395. The quantitative estimate of drug-likeness (QED) is 0.212. The van der Waals surface area contributed by atoms with Gasteiger partial charge < -0.3 is 4.74 Å². The fraction of sp³-hybridized carbons (Fsp3) is 0.0400. The second kappa shape index (κ2) is 10.2. The fourth-order valence-electron chi connectivity index (χ4n) is 3.19. The van der Waals surface area contributed by atoms with Gasteiger partial charge in [0.1, 0.15) is 12.4 Å². The van der Waals surface area contributed by atoms with Crippen LogP contribution in [0.25, 0.3) is 10.8 Å². The first kappa shape index (κ1) is 22.3. The summed E-state index contributed by atoms with van der Waals surface area (Å²) < 4.78 is 6.97. The van der Waals surface area contributed by atoms with Crippen LogP contribution in [0.2, 0.25) is 10.0 Å². The average molecular weight is 528 g/mol. The van der Waals surface area contributed by atoms with E-state index in [4.69, 9.17) is 27.9 Å². The van der Waals surface area contributed by atoms with Crippen molar-refractivity contribution in [3.63, 3.8) is 0 Å². The highest BCUT2D eigenvalue weighted by Crippen LogP contribution is 2.25. The zero-order chi connectivity index (χ0) is 22.5. The molecule has 0 fully saturated rings. The molecule has 0 saturated heterocycles. The van der Waals surface area contributed by atoms with Crippen LogP contribution >= 0.6 is 39.1 Å². The van der Waals surface area contributed by atoms with Gasteiger partial charge >= 0.3 is 0 Å². The van der Waals surface area contributed by atoms with Gasteiger partial charge in [0.15, 0.2) is 0 Å². The Morgan fingerprint density at radius 2 is 1.78 bits per heavy atom. The Labute approximate surface area is 203 Å². The Kier molecular flexibility index (Phi) is 7.10. The second-order valence-corrected chi connectivity index (χ2v) is 8.67. The van der Waals surface area contributed by atoms with Crippen molar-refractivity contribution in [2.45, 2.75) is 6.61 Å². The predicted octanol–water partition coefficient (Wildman–Crippen LogP) is 7.25. The number of nitrogens with one attached hydrogen (secondary N) is 1. The lowest BCUT2D eigenvalue weighted by molar-refractivity contribution is 0.0955. The Hall–Kier alpha value is -2.86. The van der Waals surface area contributed by atoms with Gasteiger partial charge in [0.25, 0.3) is 5.91 Å². The van der Waals surface area contributed by atoms with E-state index in [1.165, 1.54) is 6.07 Å². The summed E-state index contributed by atoms with van der Waals surface area (Å²) in [4.78, 5) is 12.3. The summed E-state index contributed by atoms with van der Waals surface area (Å²) in [5.41, 5.74) is 4.66. The van der Waals surface area contributed by atoms with Crippen LogP contribution in [0, 0.1) is 0 Å². The van der Waals surface area contributed by atoms with Gasteiger partial charge in [0.2, 0.25) is 0 Å². The van der Waals surface area contributed by atoms with E-state index in [0.29, 0.717) is 33.5 Å². The lowest BCUT2D eigenvalue weighted by Crippen LogP contribution is -2.17. The SMILES string of the molecule is O=C(N/N=C\c1cc(Br)ccc1OCc1cccc2ccccc12)c1ccc(Cl)c(Cl)c1. The molecule has 4 aromatic rings. The van der Waals surface area contributed by atoms with Gasteiger partial charge in [-0.15, -0.1) is 0 Å². The first-order chi connectivity index (χ1) is 15.5. The van der Waals surface area contributed by atoms with E-state index in [0.717, 1.165) is 20.8 Å². The van der Waals surface area contributed by atoms with E-state index in [9.17, 15) is 4.79 Å². The number of amides is 1. The maximum Gasteiger partial charge on any atom is 0.271 e. The summed E-state index contributed by atoms with van der Waals surface area (Å²) in [5.74, 6) is 0.252. The minimum absolute atomic E-state index is 0.305. The highest BCUT2D eigenvalue weighted by Gasteiger charge is 2.08. The van der Waals surface area contributed by atoms with Crippen LogP contribution in [0.1, 0.15) is 21.5 Å². The van der Waals surface area contributed by atoms with E-state index in [2.05, 4.69) is 44.7 Å². The summed E-state index contributed by atoms with van der Waals surface area (Å²) in [7, 11) is 0. The molecule has 7 heteroatoms. The lowest BCUT2D eigenvalue weighted by atomic mass is 10.1. The number of hydrogen-bond acceptors (Lipinski definition) is 3. The Morgan fingerprint density at radius 3 is 2.62 bits per heavy atom. The molecule has 0 radical (unpaired) electrons. The van der Waals surface area contributed by atoms with Crippen LogP contribution in [0.4, 0.5) is 0 Å². The molecule has 0 aromatic heterocycles. The highest BCUT2D eigenvalue weighted by atomic mass is 79.9. The van der Waals surface area contributed by atoms with Gasteiger partial charge in [-0.2, -0.15) is 5.10 Å². The third kappa shape index (κ3) is 5.30. The molecule has 0 aliphatic carbocycles. The molecule has 0 spiro atoms. The monoisotopic (exact) mass is 526 g/mol. The van der Waals surface area contributed by atoms with Gasteiger partial charge in [0, 0.05) is 15.6 Å². The fourth-order valence-corrected chi connectivity index (χ4v) is 3.86. The second-order valence-electron chi connectivity index (χ2n) is 6.94. The normalized spacial score (nSPS) is 11.1. The van der Waals surface area contributed by atoms with Crippen molar-refractivity contribution in [2.75, 3.05) is 0 Å². The van der Waals surface area contributed by atoms with Crippen molar-refractivity contribution in [3.05, 3.63) is 110 Å². The highest BCUT2D eigenvalue weighted by molar-refractivity contribution is 9.10. The maximum atomic E-state index is 12.3. The molecule has 0 aliphatic heterocycles. The smallest absolute Gasteiger partial charge is 0.271 e. The Morgan fingerprint density at radius 1 is 0.969 bits per heavy atom. The van der Waals surface area contributed by atoms with Crippen LogP contribution in [-0.4, -0.2) is 12.1 Å². The van der Waals surface area contributed by atoms with Crippen molar-refractivity contribution in [1.29, 1.82) is 0 Å². The number of fused-ring (bicyclic) bond motifs is 1. The number of rotatable bonds is 6. The van der Waals surface area contributed by atoms with E-state index < -0.39 is 5.91 Å². The topological polar surface area (TPSA) is 50.7 Å². The molecular formula is C25H17BrCl2N2O2. The molecule has 4 rings (SSSR count). The minimum Gasteiger partial charge on any atom is -0.488 e. The van der Waals surface area contributed by atoms with Gasteiger partial charge in [-0.3, -0.25) is 4.79 Å². The molecule has 1 N–H and O–H groups in total. The number of hydrazone groups is 1. The summed E-state index contributed by atoms with van der Waals surface area (Å²) in [5, 5.41) is 7.08. The third-order valence-corrected chi connectivity index (χ3v) is 6.02. The van der Waals surface area contributed by atoms with Crippen molar-refractivity contribution in [2.24, 2.45) is 5.10 Å². The predicted molar refractivity (Wildman–Crippen MR) is 134 cm³/mol. The summed E-state index contributed by atoms with van der Waals surface area (Å²) in [6.07, 6.45) is 1.54. The summed E-state index contributed by atoms with van der Waals surface area (Å²) in [6, 6.07) is 24.6. The number of ether oxygens (including phenoxy) is 1. The molecule has 32 heavy (non-hydrogen) atoms. The van der Waals surface area contributed by atoms with Gasteiger partial charge in [0.05, 0.1) is 16.3 Å². The molecular weight excluding hydrogens is 511 g/mol. The molecule has 0 atom stereocenters. The number of carbonyl (C=O) groups is 1. The molecule has 4 nitrogen and oxygen atoms in total. The first-order valence-corrected chi connectivity index (χ1v) is 11.2. The van der Waals surface area contributed by atoms with Gasteiger partial charge in [-0.25, -0.2) is 5.43 Å². The van der Waals surface area contributed by atoms with Gasteiger partial charge in [-0.1, -0.05) is 81.6 Å². The molecule has 0 unspecified atom stereocenters. The number of hydrogen-bond donors (Lipinski definition) is 1. The van der Waals surface area contributed by atoms with E-state index in [1.807, 2.05) is 42.5 Å². The molecule has 0 aliphatic rings. The molecule has 4 aromatic carbocycles. The summed E-state index contributed by atoms with van der Waals surface area (Å²) >= 11 is 15.3. The van der Waals surface area contributed by atoms with Crippen molar-refractivity contribution in [1.82, 2.24) is 5.43 Å². The standard InChI is InChI=1S/C25H17BrCl2N2O2/c26-20-9-11-24(32-15-18-6-3-5-16-4-1-2-7-21(16)18)19(12-20)14-29-30-25(31)17-8-10-22(27)23(28)13-17/h1-14H,15H2,(H,30,31)/b29-14-. The molecule has 160 valence electrons. The average Bonchev–Trinajstić information content (AvgIpc) is 2.80. The molecule has 0 saturated carbocycles. The van der Waals surface area contributed by atoms with Crippen molar-refractivity contribution >= 4 is 62.0 Å². The van der Waals surface area contributed by atoms with E-state index in [1.54, 1.807) is 18.3 Å². The van der Waals surface area contributed by atoms with E-state index >= 15 is 0 Å². The molecule has 0 heterocycles. The van der Waals surface area contributed by atoms with Crippen molar-refractivity contribution in [3.8, 4) is 5.75 Å². The van der Waals surface area contributed by atoms with Gasteiger partial charge in [-0.05, 0) is 52.7 Å². The van der Waals surface area contributed by atoms with Crippen LogP contribution in [0.5, 0.6) is 5.75 Å². The zero-order valence-electron chi connectivity index (χ0n) is 16.7. The Bertz CT molecular complexity index is 1320. The number of nitrogens with zero attached hydrogens (tertiary/aromatic N) is 1. The van der Waals surface area contributed by atoms with Crippen molar-refractivity contribution < 1.29 is 9.53 Å².